The minimum Gasteiger partial charge on any atom is -0.497 e. The highest BCUT2D eigenvalue weighted by molar-refractivity contribution is 5.81. The highest BCUT2D eigenvalue weighted by atomic mass is 16.5. The van der Waals surface area contributed by atoms with E-state index in [1.807, 2.05) is 12.1 Å². The SMILES string of the molecule is COc1ccc(C[C@H]2CN(C(=O)C3CC3)CC[C@@H]2OCC2CC2)cc1. The van der Waals surface area contributed by atoms with Crippen LogP contribution in [0.4, 0.5) is 0 Å². The molecule has 25 heavy (non-hydrogen) atoms. The predicted molar refractivity (Wildman–Crippen MR) is 96.6 cm³/mol. The zero-order chi connectivity index (χ0) is 17.2. The van der Waals surface area contributed by atoms with Crippen molar-refractivity contribution < 1.29 is 14.3 Å². The average Bonchev–Trinajstić information content (AvgIpc) is 3.54. The smallest absolute Gasteiger partial charge is 0.225 e. The van der Waals surface area contributed by atoms with Crippen LogP contribution in [-0.4, -0.2) is 43.7 Å². The first-order valence-corrected chi connectivity index (χ1v) is 9.76. The molecule has 2 aliphatic carbocycles. The Hall–Kier alpha value is -1.55. The molecule has 0 radical (unpaired) electrons. The summed E-state index contributed by atoms with van der Waals surface area (Å²) < 4.78 is 11.5. The fourth-order valence-electron chi connectivity index (χ4n) is 3.82. The first kappa shape index (κ1) is 16.9. The van der Waals surface area contributed by atoms with Crippen molar-refractivity contribution in [3.63, 3.8) is 0 Å². The maximum Gasteiger partial charge on any atom is 0.225 e. The lowest BCUT2D eigenvalue weighted by Crippen LogP contribution is -2.48. The summed E-state index contributed by atoms with van der Waals surface area (Å²) in [7, 11) is 1.69. The van der Waals surface area contributed by atoms with Crippen molar-refractivity contribution in [1.82, 2.24) is 4.90 Å². The molecule has 0 aromatic heterocycles. The molecule has 1 aromatic carbocycles. The van der Waals surface area contributed by atoms with E-state index in [-0.39, 0.29) is 6.10 Å². The standard InChI is InChI=1S/C21H29NO3/c1-24-19-8-4-15(5-9-19)12-18-13-22(21(23)17-6-7-17)11-10-20(18)25-14-16-2-3-16/h4-5,8-9,16-18,20H,2-3,6-7,10-14H2,1H3/t18-,20-/m0/s1. The molecule has 2 atom stereocenters. The first-order chi connectivity index (χ1) is 12.2. The van der Waals surface area contributed by atoms with E-state index >= 15 is 0 Å². The third-order valence-corrected chi connectivity index (χ3v) is 5.80. The van der Waals surface area contributed by atoms with Gasteiger partial charge in [-0.2, -0.15) is 0 Å². The topological polar surface area (TPSA) is 38.8 Å². The molecule has 4 heteroatoms. The Kier molecular flexibility index (Phi) is 4.98. The van der Waals surface area contributed by atoms with Gasteiger partial charge in [0.15, 0.2) is 0 Å². The third kappa shape index (κ3) is 4.35. The van der Waals surface area contributed by atoms with E-state index in [1.54, 1.807) is 7.11 Å². The van der Waals surface area contributed by atoms with Crippen LogP contribution in [0, 0.1) is 17.8 Å². The number of amides is 1. The second-order valence-corrected chi connectivity index (χ2v) is 7.97. The number of methoxy groups -OCH3 is 1. The molecule has 0 unspecified atom stereocenters. The maximum atomic E-state index is 12.5. The van der Waals surface area contributed by atoms with Gasteiger partial charge in [-0.1, -0.05) is 12.1 Å². The molecule has 1 aliphatic heterocycles. The van der Waals surface area contributed by atoms with Crippen LogP contribution < -0.4 is 4.74 Å². The van der Waals surface area contributed by atoms with Crippen molar-refractivity contribution in [1.29, 1.82) is 0 Å². The van der Waals surface area contributed by atoms with Gasteiger partial charge in [-0.05, 0) is 62.1 Å². The molecule has 1 heterocycles. The number of benzene rings is 1. The van der Waals surface area contributed by atoms with E-state index in [9.17, 15) is 4.79 Å². The zero-order valence-electron chi connectivity index (χ0n) is 15.2. The zero-order valence-corrected chi connectivity index (χ0v) is 15.2. The van der Waals surface area contributed by atoms with E-state index in [0.29, 0.717) is 17.7 Å². The Morgan fingerprint density at radius 3 is 2.52 bits per heavy atom. The lowest BCUT2D eigenvalue weighted by molar-refractivity contribution is -0.137. The van der Waals surface area contributed by atoms with Crippen molar-refractivity contribution in [2.75, 3.05) is 26.8 Å². The summed E-state index contributed by atoms with van der Waals surface area (Å²) in [5.41, 5.74) is 1.30. The molecule has 0 spiro atoms. The van der Waals surface area contributed by atoms with Gasteiger partial charge in [0.05, 0.1) is 13.2 Å². The van der Waals surface area contributed by atoms with Crippen LogP contribution in [-0.2, 0) is 16.0 Å². The monoisotopic (exact) mass is 343 g/mol. The summed E-state index contributed by atoms with van der Waals surface area (Å²) in [5, 5.41) is 0. The Labute approximate surface area is 150 Å². The fourth-order valence-corrected chi connectivity index (χ4v) is 3.82. The number of ether oxygens (including phenoxy) is 2. The molecular weight excluding hydrogens is 314 g/mol. The molecule has 4 rings (SSSR count). The van der Waals surface area contributed by atoms with Crippen LogP contribution in [0.1, 0.15) is 37.7 Å². The molecule has 2 saturated carbocycles. The Bertz CT molecular complexity index is 592. The van der Waals surface area contributed by atoms with Crippen molar-refractivity contribution in [3.8, 4) is 5.75 Å². The average molecular weight is 343 g/mol. The molecule has 1 aromatic rings. The number of piperidine rings is 1. The summed E-state index contributed by atoms with van der Waals surface area (Å²) in [5.74, 6) is 2.75. The molecule has 1 saturated heterocycles. The van der Waals surface area contributed by atoms with Gasteiger partial charge >= 0.3 is 0 Å². The van der Waals surface area contributed by atoms with Gasteiger partial charge in [-0.25, -0.2) is 0 Å². The van der Waals surface area contributed by atoms with Crippen molar-refractivity contribution in [2.24, 2.45) is 17.8 Å². The molecule has 1 amide bonds. The van der Waals surface area contributed by atoms with Crippen molar-refractivity contribution in [2.45, 2.75) is 44.6 Å². The van der Waals surface area contributed by atoms with Crippen LogP contribution in [0.5, 0.6) is 5.75 Å². The number of hydrogen-bond acceptors (Lipinski definition) is 3. The summed E-state index contributed by atoms with van der Waals surface area (Å²) in [6, 6.07) is 8.31. The van der Waals surface area contributed by atoms with Crippen LogP contribution in [0.25, 0.3) is 0 Å². The second kappa shape index (κ2) is 7.36. The predicted octanol–water partition coefficient (Wildman–Crippen LogP) is 3.29. The molecule has 3 aliphatic rings. The van der Waals surface area contributed by atoms with Crippen molar-refractivity contribution >= 4 is 5.91 Å². The Morgan fingerprint density at radius 1 is 1.12 bits per heavy atom. The number of hydrogen-bond donors (Lipinski definition) is 0. The van der Waals surface area contributed by atoms with Gasteiger partial charge in [-0.3, -0.25) is 4.79 Å². The third-order valence-electron chi connectivity index (χ3n) is 5.80. The summed E-state index contributed by atoms with van der Waals surface area (Å²) in [4.78, 5) is 14.6. The molecule has 4 nitrogen and oxygen atoms in total. The number of rotatable bonds is 7. The molecule has 0 bridgehead atoms. The van der Waals surface area contributed by atoms with E-state index in [4.69, 9.17) is 9.47 Å². The molecule has 136 valence electrons. The lowest BCUT2D eigenvalue weighted by Gasteiger charge is -2.39. The van der Waals surface area contributed by atoms with Crippen LogP contribution >= 0.6 is 0 Å². The van der Waals surface area contributed by atoms with Crippen LogP contribution in [0.3, 0.4) is 0 Å². The quantitative estimate of drug-likeness (QED) is 0.762. The number of carbonyl (C=O) groups is 1. The number of likely N-dealkylation sites (tertiary alicyclic amines) is 1. The second-order valence-electron chi connectivity index (χ2n) is 7.97. The number of carbonyl (C=O) groups excluding carboxylic acids is 1. The Morgan fingerprint density at radius 2 is 1.88 bits per heavy atom. The van der Waals surface area contributed by atoms with E-state index in [1.165, 1.54) is 18.4 Å². The fraction of sp³-hybridized carbons (Fsp3) is 0.667. The van der Waals surface area contributed by atoms with E-state index in [2.05, 4.69) is 17.0 Å². The molecular formula is C21H29NO3. The highest BCUT2D eigenvalue weighted by Gasteiger charge is 2.38. The van der Waals surface area contributed by atoms with Gasteiger partial charge in [0.1, 0.15) is 5.75 Å². The van der Waals surface area contributed by atoms with E-state index < -0.39 is 0 Å². The lowest BCUT2D eigenvalue weighted by atomic mass is 9.88. The van der Waals surface area contributed by atoms with Gasteiger partial charge in [0, 0.05) is 31.5 Å². The minimum absolute atomic E-state index is 0.283. The maximum absolute atomic E-state index is 12.5. The summed E-state index contributed by atoms with van der Waals surface area (Å²) in [6.45, 7) is 2.61. The van der Waals surface area contributed by atoms with Crippen molar-refractivity contribution in [3.05, 3.63) is 29.8 Å². The summed E-state index contributed by atoms with van der Waals surface area (Å²) >= 11 is 0. The Balaban J connectivity index is 1.41. The van der Waals surface area contributed by atoms with Gasteiger partial charge in [0.2, 0.25) is 5.91 Å². The van der Waals surface area contributed by atoms with Crippen LogP contribution in [0.2, 0.25) is 0 Å². The summed E-state index contributed by atoms with van der Waals surface area (Å²) in [6.07, 6.45) is 7.04. The van der Waals surface area contributed by atoms with Crippen LogP contribution in [0.15, 0.2) is 24.3 Å². The first-order valence-electron chi connectivity index (χ1n) is 9.76. The molecule has 0 N–H and O–H groups in total. The normalized spacial score (nSPS) is 26.5. The minimum atomic E-state index is 0.283. The van der Waals surface area contributed by atoms with E-state index in [0.717, 1.165) is 57.0 Å². The van der Waals surface area contributed by atoms with Gasteiger partial charge in [-0.15, -0.1) is 0 Å². The largest absolute Gasteiger partial charge is 0.497 e. The number of nitrogens with zero attached hydrogens (tertiary/aromatic N) is 1. The highest BCUT2D eigenvalue weighted by Crippen LogP contribution is 2.35. The van der Waals surface area contributed by atoms with Gasteiger partial charge in [0.25, 0.3) is 0 Å². The molecule has 3 fully saturated rings. The van der Waals surface area contributed by atoms with Gasteiger partial charge < -0.3 is 14.4 Å².